The first-order valence-electron chi connectivity index (χ1n) is 8.68. The van der Waals surface area contributed by atoms with E-state index in [-0.39, 0.29) is 59.6 Å². The standard InChI is InChI=1S/C19H32O4/c1-7-12(2)18(22)11-15(5)17(21)9-8-13(3)19(23)10-14(4)16(6)20/h12-15H,7-11H2,1-6H3. The van der Waals surface area contributed by atoms with Crippen LogP contribution < -0.4 is 0 Å². The molecule has 0 radical (unpaired) electrons. The number of carbonyl (C=O) groups excluding carboxylic acids is 4. The van der Waals surface area contributed by atoms with E-state index in [4.69, 9.17) is 0 Å². The molecule has 0 aromatic heterocycles. The average Bonchev–Trinajstić information content (AvgIpc) is 2.50. The Balaban J connectivity index is 4.28. The Morgan fingerprint density at radius 2 is 1.17 bits per heavy atom. The molecule has 4 unspecified atom stereocenters. The van der Waals surface area contributed by atoms with Crippen molar-refractivity contribution in [2.24, 2.45) is 23.7 Å². The maximum Gasteiger partial charge on any atom is 0.136 e. The number of carbonyl (C=O) groups is 4. The van der Waals surface area contributed by atoms with E-state index in [9.17, 15) is 19.2 Å². The Labute approximate surface area is 140 Å². The molecule has 0 aliphatic carbocycles. The Kier molecular flexibility index (Phi) is 9.85. The van der Waals surface area contributed by atoms with Crippen LogP contribution in [-0.2, 0) is 19.2 Å². The first-order valence-corrected chi connectivity index (χ1v) is 8.68. The van der Waals surface area contributed by atoms with Crippen LogP contribution in [0.2, 0.25) is 0 Å². The van der Waals surface area contributed by atoms with Crippen LogP contribution in [-0.4, -0.2) is 23.1 Å². The van der Waals surface area contributed by atoms with E-state index in [2.05, 4.69) is 0 Å². The van der Waals surface area contributed by atoms with Gasteiger partial charge in [0.1, 0.15) is 23.1 Å². The zero-order valence-electron chi connectivity index (χ0n) is 15.5. The van der Waals surface area contributed by atoms with E-state index >= 15 is 0 Å². The van der Waals surface area contributed by atoms with Crippen molar-refractivity contribution in [1.82, 2.24) is 0 Å². The smallest absolute Gasteiger partial charge is 0.136 e. The van der Waals surface area contributed by atoms with Gasteiger partial charge in [0, 0.05) is 42.9 Å². The first kappa shape index (κ1) is 21.7. The molecule has 0 aliphatic heterocycles. The van der Waals surface area contributed by atoms with Gasteiger partial charge in [-0.15, -0.1) is 0 Å². The lowest BCUT2D eigenvalue weighted by atomic mass is 9.87. The third kappa shape index (κ3) is 8.19. The van der Waals surface area contributed by atoms with Gasteiger partial charge in [0.25, 0.3) is 0 Å². The van der Waals surface area contributed by atoms with Crippen LogP contribution in [0, 0.1) is 23.7 Å². The zero-order chi connectivity index (χ0) is 18.2. The third-order valence-corrected chi connectivity index (χ3v) is 4.79. The van der Waals surface area contributed by atoms with Gasteiger partial charge in [0.15, 0.2) is 0 Å². The van der Waals surface area contributed by atoms with Gasteiger partial charge in [-0.1, -0.05) is 34.6 Å². The van der Waals surface area contributed by atoms with E-state index in [0.29, 0.717) is 12.8 Å². The summed E-state index contributed by atoms with van der Waals surface area (Å²) in [4.78, 5) is 47.2. The van der Waals surface area contributed by atoms with Crippen molar-refractivity contribution in [2.45, 2.75) is 73.6 Å². The van der Waals surface area contributed by atoms with Crippen LogP contribution in [0.3, 0.4) is 0 Å². The highest BCUT2D eigenvalue weighted by atomic mass is 16.1. The summed E-state index contributed by atoms with van der Waals surface area (Å²) in [5.41, 5.74) is 0. The van der Waals surface area contributed by atoms with Crippen LogP contribution in [0.4, 0.5) is 0 Å². The Morgan fingerprint density at radius 3 is 1.65 bits per heavy atom. The minimum absolute atomic E-state index is 0.00109. The predicted molar refractivity (Wildman–Crippen MR) is 91.1 cm³/mol. The molecule has 0 spiro atoms. The highest BCUT2D eigenvalue weighted by Gasteiger charge is 2.23. The van der Waals surface area contributed by atoms with Crippen molar-refractivity contribution in [3.8, 4) is 0 Å². The summed E-state index contributed by atoms with van der Waals surface area (Å²) >= 11 is 0. The Morgan fingerprint density at radius 1 is 0.696 bits per heavy atom. The van der Waals surface area contributed by atoms with Crippen LogP contribution in [0.15, 0.2) is 0 Å². The quantitative estimate of drug-likeness (QED) is 0.547. The molecule has 0 fully saturated rings. The summed E-state index contributed by atoms with van der Waals surface area (Å²) in [6.07, 6.45) is 2.13. The molecule has 0 aromatic carbocycles. The van der Waals surface area contributed by atoms with Crippen molar-refractivity contribution in [3.05, 3.63) is 0 Å². The van der Waals surface area contributed by atoms with Crippen LogP contribution in [0.1, 0.15) is 73.6 Å². The number of Topliss-reactive ketones (excluding diaryl/α,β-unsaturated/α-hetero) is 4. The molecule has 0 aromatic rings. The molecule has 0 amide bonds. The van der Waals surface area contributed by atoms with Gasteiger partial charge in [-0.05, 0) is 19.8 Å². The molecule has 0 saturated heterocycles. The third-order valence-electron chi connectivity index (χ3n) is 4.79. The summed E-state index contributed by atoms with van der Waals surface area (Å²) in [7, 11) is 0. The van der Waals surface area contributed by atoms with Gasteiger partial charge in [0.05, 0.1) is 0 Å². The van der Waals surface area contributed by atoms with E-state index in [0.717, 1.165) is 6.42 Å². The minimum atomic E-state index is -0.282. The normalized spacial score (nSPS) is 16.3. The maximum atomic E-state index is 12.1. The second-order valence-corrected chi connectivity index (χ2v) is 6.97. The van der Waals surface area contributed by atoms with Gasteiger partial charge < -0.3 is 0 Å². The van der Waals surface area contributed by atoms with Crippen molar-refractivity contribution in [3.63, 3.8) is 0 Å². The Hall–Kier alpha value is -1.32. The Bertz CT molecular complexity index is 439. The van der Waals surface area contributed by atoms with Gasteiger partial charge in [0.2, 0.25) is 0 Å². The molecule has 23 heavy (non-hydrogen) atoms. The van der Waals surface area contributed by atoms with Gasteiger partial charge in [-0.2, -0.15) is 0 Å². The monoisotopic (exact) mass is 324 g/mol. The summed E-state index contributed by atoms with van der Waals surface area (Å²) in [6, 6.07) is 0. The molecule has 4 heteroatoms. The number of hydrogen-bond acceptors (Lipinski definition) is 4. The molecule has 0 saturated carbocycles. The lowest BCUT2D eigenvalue weighted by molar-refractivity contribution is -0.130. The fourth-order valence-electron chi connectivity index (χ4n) is 2.26. The molecule has 4 atom stereocenters. The molecule has 0 aliphatic rings. The van der Waals surface area contributed by atoms with Crippen LogP contribution in [0.25, 0.3) is 0 Å². The number of hydrogen-bond donors (Lipinski definition) is 0. The average molecular weight is 324 g/mol. The topological polar surface area (TPSA) is 68.3 Å². The molecule has 4 nitrogen and oxygen atoms in total. The van der Waals surface area contributed by atoms with Gasteiger partial charge in [-0.3, -0.25) is 19.2 Å². The fourth-order valence-corrected chi connectivity index (χ4v) is 2.26. The molecule has 132 valence electrons. The SMILES string of the molecule is CCC(C)C(=O)CC(C)C(=O)CCC(C)C(=O)CC(C)C(C)=O. The minimum Gasteiger partial charge on any atom is -0.300 e. The zero-order valence-corrected chi connectivity index (χ0v) is 15.5. The molecular weight excluding hydrogens is 292 g/mol. The molecule has 0 N–H and O–H groups in total. The highest BCUT2D eigenvalue weighted by molar-refractivity contribution is 5.90. The van der Waals surface area contributed by atoms with E-state index in [1.54, 1.807) is 20.8 Å². The van der Waals surface area contributed by atoms with Gasteiger partial charge in [-0.25, -0.2) is 0 Å². The fraction of sp³-hybridized carbons (Fsp3) is 0.789. The van der Waals surface area contributed by atoms with E-state index < -0.39 is 0 Å². The number of ketones is 4. The van der Waals surface area contributed by atoms with Gasteiger partial charge >= 0.3 is 0 Å². The van der Waals surface area contributed by atoms with Crippen LogP contribution >= 0.6 is 0 Å². The molecule has 0 bridgehead atoms. The second-order valence-electron chi connectivity index (χ2n) is 6.97. The van der Waals surface area contributed by atoms with E-state index in [1.807, 2.05) is 13.8 Å². The maximum absolute atomic E-state index is 12.1. The summed E-state index contributed by atoms with van der Waals surface area (Å²) in [5.74, 6) is -0.545. The second kappa shape index (κ2) is 10.5. The van der Waals surface area contributed by atoms with Crippen molar-refractivity contribution < 1.29 is 19.2 Å². The van der Waals surface area contributed by atoms with Crippen molar-refractivity contribution in [1.29, 1.82) is 0 Å². The molecular formula is C19H32O4. The lowest BCUT2D eigenvalue weighted by Crippen LogP contribution is -2.22. The lowest BCUT2D eigenvalue weighted by Gasteiger charge is -2.15. The summed E-state index contributed by atoms with van der Waals surface area (Å²) in [6.45, 7) is 10.7. The first-order chi connectivity index (χ1) is 10.6. The summed E-state index contributed by atoms with van der Waals surface area (Å²) < 4.78 is 0. The predicted octanol–water partition coefficient (Wildman–Crippen LogP) is 3.80. The van der Waals surface area contributed by atoms with Crippen molar-refractivity contribution >= 4 is 23.1 Å². The largest absolute Gasteiger partial charge is 0.300 e. The van der Waals surface area contributed by atoms with Crippen molar-refractivity contribution in [2.75, 3.05) is 0 Å². The number of rotatable bonds is 12. The summed E-state index contributed by atoms with van der Waals surface area (Å²) in [5, 5.41) is 0. The van der Waals surface area contributed by atoms with Crippen LogP contribution in [0.5, 0.6) is 0 Å². The highest BCUT2D eigenvalue weighted by Crippen LogP contribution is 2.18. The molecule has 0 rings (SSSR count). The molecule has 0 heterocycles. The van der Waals surface area contributed by atoms with E-state index in [1.165, 1.54) is 6.92 Å².